The Morgan fingerprint density at radius 2 is 1.50 bits per heavy atom. The van der Waals surface area contributed by atoms with E-state index in [4.69, 9.17) is 4.74 Å². The molecule has 0 saturated carbocycles. The number of piperazine rings is 1. The van der Waals surface area contributed by atoms with Gasteiger partial charge in [-0.3, -0.25) is 14.0 Å². The SMILES string of the molecule is CCOC(=O)C(c1ccccc1)N1CCN(c2ccc(-n3ccn([C@H](C)c4cccc(C(F)(F)F)c4)c3=O)cc2)CC1. The molecule has 2 atom stereocenters. The maximum absolute atomic E-state index is 13.2. The van der Waals surface area contributed by atoms with Gasteiger partial charge in [0.1, 0.15) is 6.04 Å². The van der Waals surface area contributed by atoms with Crippen LogP contribution >= 0.6 is 0 Å². The molecule has 0 N–H and O–H groups in total. The second-order valence-electron chi connectivity index (χ2n) is 10.3. The average Bonchev–Trinajstić information content (AvgIpc) is 3.38. The van der Waals surface area contributed by atoms with Gasteiger partial charge in [0.15, 0.2) is 0 Å². The molecule has 0 spiro atoms. The van der Waals surface area contributed by atoms with Gasteiger partial charge in [-0.2, -0.15) is 13.2 Å². The lowest BCUT2D eigenvalue weighted by Crippen LogP contribution is -2.49. The normalized spacial score (nSPS) is 15.8. The number of alkyl halides is 3. The molecule has 220 valence electrons. The van der Waals surface area contributed by atoms with Crippen LogP contribution < -0.4 is 10.6 Å². The second-order valence-corrected chi connectivity index (χ2v) is 10.3. The van der Waals surface area contributed by atoms with Crippen LogP contribution in [0.4, 0.5) is 18.9 Å². The molecule has 7 nitrogen and oxygen atoms in total. The molecular formula is C32H33F3N4O3. The number of esters is 1. The third-order valence-corrected chi connectivity index (χ3v) is 7.71. The molecule has 0 radical (unpaired) electrons. The van der Waals surface area contributed by atoms with Crippen molar-refractivity contribution in [2.75, 3.05) is 37.7 Å². The smallest absolute Gasteiger partial charge is 0.416 e. The van der Waals surface area contributed by atoms with E-state index in [1.54, 1.807) is 25.4 Å². The van der Waals surface area contributed by atoms with Gasteiger partial charge in [-0.25, -0.2) is 9.59 Å². The van der Waals surface area contributed by atoms with Crippen molar-refractivity contribution in [1.82, 2.24) is 14.0 Å². The first-order chi connectivity index (χ1) is 20.2. The van der Waals surface area contributed by atoms with Crippen molar-refractivity contribution in [2.24, 2.45) is 0 Å². The number of ether oxygens (including phenoxy) is 1. The van der Waals surface area contributed by atoms with Gasteiger partial charge in [0.25, 0.3) is 0 Å². The fraction of sp³-hybridized carbons (Fsp3) is 0.312. The number of benzene rings is 3. The monoisotopic (exact) mass is 578 g/mol. The zero-order valence-electron chi connectivity index (χ0n) is 23.5. The lowest BCUT2D eigenvalue weighted by atomic mass is 10.0. The summed E-state index contributed by atoms with van der Waals surface area (Å²) in [4.78, 5) is 30.4. The fourth-order valence-corrected chi connectivity index (χ4v) is 5.43. The topological polar surface area (TPSA) is 59.7 Å². The fourth-order valence-electron chi connectivity index (χ4n) is 5.43. The molecule has 1 aliphatic heterocycles. The van der Waals surface area contributed by atoms with Crippen molar-refractivity contribution in [3.8, 4) is 5.69 Å². The van der Waals surface area contributed by atoms with Crippen molar-refractivity contribution >= 4 is 11.7 Å². The Bertz CT molecular complexity index is 1560. The third kappa shape index (κ3) is 6.13. The third-order valence-electron chi connectivity index (χ3n) is 7.71. The standard InChI is InChI=1S/C32H33F3N4O3/c1-3-42-30(40)29(24-8-5-4-6-9-24)37-18-16-36(17-19-37)27-12-14-28(15-13-27)39-21-20-38(31(39)41)23(2)25-10-7-11-26(22-25)32(33,34)35/h4-15,20-23,29H,3,16-19H2,1-2H3/t23-,29?/m1/s1. The quantitative estimate of drug-likeness (QED) is 0.252. The van der Waals surface area contributed by atoms with Crippen LogP contribution in [0.1, 0.15) is 42.6 Å². The van der Waals surface area contributed by atoms with E-state index in [-0.39, 0.29) is 11.7 Å². The summed E-state index contributed by atoms with van der Waals surface area (Å²) in [6.07, 6.45) is -1.24. The molecule has 1 fully saturated rings. The summed E-state index contributed by atoms with van der Waals surface area (Å²) < 4.78 is 47.9. The van der Waals surface area contributed by atoms with Gasteiger partial charge in [-0.1, -0.05) is 42.5 Å². The highest BCUT2D eigenvalue weighted by Crippen LogP contribution is 2.31. The van der Waals surface area contributed by atoms with Crippen LogP contribution in [0.3, 0.4) is 0 Å². The Hall–Kier alpha value is -4.31. The first-order valence-corrected chi connectivity index (χ1v) is 13.9. The molecule has 3 aromatic carbocycles. The Balaban J connectivity index is 1.27. The lowest BCUT2D eigenvalue weighted by Gasteiger charge is -2.39. The summed E-state index contributed by atoms with van der Waals surface area (Å²) in [7, 11) is 0. The number of anilines is 1. The van der Waals surface area contributed by atoms with Crippen molar-refractivity contribution in [2.45, 2.75) is 32.1 Å². The Morgan fingerprint density at radius 3 is 2.14 bits per heavy atom. The number of nitrogens with zero attached hydrogens (tertiary/aromatic N) is 4. The molecule has 1 aromatic heterocycles. The number of rotatable bonds is 8. The van der Waals surface area contributed by atoms with E-state index in [1.165, 1.54) is 15.2 Å². The van der Waals surface area contributed by atoms with Crippen molar-refractivity contribution in [1.29, 1.82) is 0 Å². The molecule has 0 aliphatic carbocycles. The molecule has 2 heterocycles. The Labute approximate surface area is 242 Å². The van der Waals surface area contributed by atoms with E-state index in [2.05, 4.69) is 9.80 Å². The van der Waals surface area contributed by atoms with Gasteiger partial charge >= 0.3 is 17.8 Å². The Kier molecular flexibility index (Phi) is 8.54. The van der Waals surface area contributed by atoms with Crippen molar-refractivity contribution in [3.05, 3.63) is 118 Å². The van der Waals surface area contributed by atoms with Gasteiger partial charge in [-0.05, 0) is 61.4 Å². The van der Waals surface area contributed by atoms with E-state index in [0.717, 1.165) is 23.4 Å². The van der Waals surface area contributed by atoms with Gasteiger partial charge in [0, 0.05) is 44.3 Å². The molecule has 0 amide bonds. The minimum absolute atomic E-state index is 0.249. The van der Waals surface area contributed by atoms with E-state index >= 15 is 0 Å². The van der Waals surface area contributed by atoms with Crippen molar-refractivity contribution in [3.63, 3.8) is 0 Å². The molecule has 0 bridgehead atoms. The predicted molar refractivity (Wildman–Crippen MR) is 155 cm³/mol. The highest BCUT2D eigenvalue weighted by molar-refractivity contribution is 5.77. The number of halogens is 3. The van der Waals surface area contributed by atoms with Gasteiger partial charge < -0.3 is 9.64 Å². The van der Waals surface area contributed by atoms with Crippen LogP contribution in [0.25, 0.3) is 5.69 Å². The molecule has 1 unspecified atom stereocenters. The van der Waals surface area contributed by atoms with Crippen LogP contribution in [-0.2, 0) is 15.7 Å². The molecule has 5 rings (SSSR count). The van der Waals surface area contributed by atoms with Gasteiger partial charge in [0.2, 0.25) is 0 Å². The molecule has 42 heavy (non-hydrogen) atoms. The van der Waals surface area contributed by atoms with E-state index in [0.29, 0.717) is 44.0 Å². The van der Waals surface area contributed by atoms with Crippen LogP contribution in [-0.4, -0.2) is 52.8 Å². The maximum Gasteiger partial charge on any atom is 0.416 e. The van der Waals surface area contributed by atoms with Gasteiger partial charge in [-0.15, -0.1) is 0 Å². The first kappa shape index (κ1) is 29.2. The number of imidazole rings is 1. The second kappa shape index (κ2) is 12.3. The minimum atomic E-state index is -4.45. The van der Waals surface area contributed by atoms with E-state index in [1.807, 2.05) is 61.5 Å². The van der Waals surface area contributed by atoms with Crippen LogP contribution in [0.2, 0.25) is 0 Å². The van der Waals surface area contributed by atoms with Crippen LogP contribution in [0.15, 0.2) is 96.1 Å². The average molecular weight is 579 g/mol. The summed E-state index contributed by atoms with van der Waals surface area (Å²) in [5.41, 5.74) is 1.88. The van der Waals surface area contributed by atoms with E-state index in [9.17, 15) is 22.8 Å². The summed E-state index contributed by atoms with van der Waals surface area (Å²) in [5.74, 6) is -0.249. The number of carbonyl (C=O) groups excluding carboxylic acids is 1. The summed E-state index contributed by atoms with van der Waals surface area (Å²) >= 11 is 0. The van der Waals surface area contributed by atoms with Crippen LogP contribution in [0.5, 0.6) is 0 Å². The van der Waals surface area contributed by atoms with E-state index < -0.39 is 23.8 Å². The summed E-state index contributed by atoms with van der Waals surface area (Å²) in [5, 5.41) is 0. The number of hydrogen-bond donors (Lipinski definition) is 0. The first-order valence-electron chi connectivity index (χ1n) is 13.9. The molecular weight excluding hydrogens is 545 g/mol. The highest BCUT2D eigenvalue weighted by atomic mass is 19.4. The predicted octanol–water partition coefficient (Wildman–Crippen LogP) is 5.69. The molecule has 10 heteroatoms. The largest absolute Gasteiger partial charge is 0.465 e. The van der Waals surface area contributed by atoms with Gasteiger partial charge in [0.05, 0.1) is 23.9 Å². The zero-order valence-corrected chi connectivity index (χ0v) is 23.5. The highest BCUT2D eigenvalue weighted by Gasteiger charge is 2.32. The number of hydrogen-bond acceptors (Lipinski definition) is 5. The zero-order chi connectivity index (χ0) is 29.9. The lowest BCUT2D eigenvalue weighted by molar-refractivity contribution is -0.150. The number of carbonyl (C=O) groups is 1. The van der Waals surface area contributed by atoms with Crippen molar-refractivity contribution < 1.29 is 22.7 Å². The summed E-state index contributed by atoms with van der Waals surface area (Å²) in [6.45, 7) is 6.62. The molecule has 4 aromatic rings. The molecule has 1 saturated heterocycles. The minimum Gasteiger partial charge on any atom is -0.465 e. The molecule has 1 aliphatic rings. The van der Waals surface area contributed by atoms with Crippen LogP contribution in [0, 0.1) is 0 Å². The summed E-state index contributed by atoms with van der Waals surface area (Å²) in [6, 6.07) is 21.3. The Morgan fingerprint density at radius 1 is 0.857 bits per heavy atom. The maximum atomic E-state index is 13.2. The number of aromatic nitrogens is 2.